The largest absolute Gasteiger partial charge is 0.497 e. The Hall–Kier alpha value is -1.13. The molecule has 0 N–H and O–H groups in total. The van der Waals surface area contributed by atoms with Gasteiger partial charge >= 0.3 is 6.98 Å². The molecule has 0 saturated carbocycles. The van der Waals surface area contributed by atoms with Gasteiger partial charge in [0.15, 0.2) is 0 Å². The molecule has 0 aliphatic carbocycles. The van der Waals surface area contributed by atoms with Gasteiger partial charge in [0.2, 0.25) is 0 Å². The number of halogens is 3. The summed E-state index contributed by atoms with van der Waals surface area (Å²) < 4.78 is 40.7. The van der Waals surface area contributed by atoms with Crippen molar-refractivity contribution in [1.29, 1.82) is 0 Å². The molecule has 0 heterocycles. The zero-order chi connectivity index (χ0) is 10.6. The van der Waals surface area contributed by atoms with Gasteiger partial charge in [-0.3, -0.25) is 0 Å². The van der Waals surface area contributed by atoms with Crippen molar-refractivity contribution < 1.29 is 17.7 Å². The number of aryl methyl sites for hydroxylation is 1. The van der Waals surface area contributed by atoms with E-state index in [0.29, 0.717) is 11.3 Å². The van der Waals surface area contributed by atoms with Gasteiger partial charge in [-0.25, -0.2) is 0 Å². The summed E-state index contributed by atoms with van der Waals surface area (Å²) in [6.07, 6.45) is -0.667. The first-order valence-electron chi connectivity index (χ1n) is 4.35. The number of methoxy groups -OCH3 is 1. The second-order valence-corrected chi connectivity index (χ2v) is 3.10. The van der Waals surface area contributed by atoms with Gasteiger partial charge in [0, 0.05) is 0 Å². The summed E-state index contributed by atoms with van der Waals surface area (Å²) >= 11 is 0. The summed E-state index contributed by atoms with van der Waals surface area (Å²) in [6.45, 7) is -4.67. The molecule has 0 spiro atoms. The van der Waals surface area contributed by atoms with Crippen LogP contribution in [0.1, 0.15) is 5.56 Å². The molecule has 0 amide bonds. The van der Waals surface area contributed by atoms with Gasteiger partial charge in [0.25, 0.3) is 0 Å². The Balaban J connectivity index is 2.52. The van der Waals surface area contributed by atoms with E-state index >= 15 is 0 Å². The minimum atomic E-state index is -4.67. The van der Waals surface area contributed by atoms with Crippen molar-refractivity contribution >= 4 is 6.98 Å². The topological polar surface area (TPSA) is 9.23 Å². The minimum absolute atomic E-state index is 0.0491. The van der Waals surface area contributed by atoms with Gasteiger partial charge in [-0.15, -0.1) is 0 Å². The Morgan fingerprint density at radius 3 is 2.14 bits per heavy atom. The van der Waals surface area contributed by atoms with Crippen molar-refractivity contribution in [2.24, 2.45) is 0 Å². The van der Waals surface area contributed by atoms with Gasteiger partial charge in [-0.1, -0.05) is 30.4 Å². The van der Waals surface area contributed by atoms with Gasteiger partial charge in [-0.2, -0.15) is 0 Å². The molecule has 0 atom stereocenters. The first-order chi connectivity index (χ1) is 6.51. The molecule has 0 unspecified atom stereocenters. The number of hydrogen-bond donors (Lipinski definition) is 0. The van der Waals surface area contributed by atoms with Gasteiger partial charge in [0.1, 0.15) is 5.75 Å². The summed E-state index contributed by atoms with van der Waals surface area (Å²) in [5, 5.41) is 0. The highest BCUT2D eigenvalue weighted by molar-refractivity contribution is 6.58. The van der Waals surface area contributed by atoms with Gasteiger partial charge < -0.3 is 17.7 Å². The monoisotopic (exact) mass is 203 g/mol. The van der Waals surface area contributed by atoms with Crippen molar-refractivity contribution in [2.45, 2.75) is 12.7 Å². The second-order valence-electron chi connectivity index (χ2n) is 3.10. The second kappa shape index (κ2) is 4.40. The van der Waals surface area contributed by atoms with E-state index < -0.39 is 13.3 Å². The molecule has 0 aromatic heterocycles. The van der Waals surface area contributed by atoms with E-state index in [2.05, 4.69) is 0 Å². The molecule has 0 bridgehead atoms. The SMILES string of the molecule is COc1ccc(CC[B-](F)(F)F)cc1. The molecule has 0 aliphatic heterocycles. The van der Waals surface area contributed by atoms with E-state index in [4.69, 9.17) is 4.74 Å². The highest BCUT2D eigenvalue weighted by Gasteiger charge is 2.21. The summed E-state index contributed by atoms with van der Waals surface area (Å²) in [4.78, 5) is 0. The lowest BCUT2D eigenvalue weighted by Crippen LogP contribution is -2.15. The van der Waals surface area contributed by atoms with Gasteiger partial charge in [0.05, 0.1) is 7.11 Å². The molecular weight excluding hydrogens is 192 g/mol. The molecule has 5 heteroatoms. The van der Waals surface area contributed by atoms with Crippen molar-refractivity contribution in [2.75, 3.05) is 7.11 Å². The predicted molar refractivity (Wildman–Crippen MR) is 50.6 cm³/mol. The highest BCUT2D eigenvalue weighted by atomic mass is 19.4. The molecule has 1 aromatic rings. The smallest absolute Gasteiger partial charge is 0.478 e. The molecule has 0 aliphatic rings. The van der Waals surface area contributed by atoms with E-state index in [1.54, 1.807) is 24.3 Å². The van der Waals surface area contributed by atoms with Crippen LogP contribution >= 0.6 is 0 Å². The van der Waals surface area contributed by atoms with Crippen LogP contribution in [0.4, 0.5) is 12.9 Å². The minimum Gasteiger partial charge on any atom is -0.497 e. The quantitative estimate of drug-likeness (QED) is 0.683. The molecule has 0 fully saturated rings. The highest BCUT2D eigenvalue weighted by Crippen LogP contribution is 2.19. The Kier molecular flexibility index (Phi) is 3.44. The lowest BCUT2D eigenvalue weighted by molar-refractivity contribution is 0.414. The maximum absolute atomic E-state index is 11.9. The number of rotatable bonds is 4. The third kappa shape index (κ3) is 3.72. The van der Waals surface area contributed by atoms with Gasteiger partial charge in [-0.05, 0) is 12.1 Å². The van der Waals surface area contributed by atoms with Crippen LogP contribution in [-0.4, -0.2) is 14.1 Å². The zero-order valence-corrected chi connectivity index (χ0v) is 7.84. The molecule has 0 saturated heterocycles. The number of ether oxygens (including phenoxy) is 1. The molecular formula is C9H11BF3O-. The normalized spacial score (nSPS) is 11.4. The zero-order valence-electron chi connectivity index (χ0n) is 7.84. The standard InChI is InChI=1S/C9H11BF3O/c1-14-9-4-2-8(3-5-9)6-7-10(11,12)13/h2-5H,6-7H2,1H3/q-1. The summed E-state index contributed by atoms with van der Waals surface area (Å²) in [5.41, 5.74) is 0.685. The average Bonchev–Trinajstić information content (AvgIpc) is 2.14. The van der Waals surface area contributed by atoms with E-state index in [1.807, 2.05) is 0 Å². The van der Waals surface area contributed by atoms with Crippen molar-refractivity contribution in [1.82, 2.24) is 0 Å². The number of benzene rings is 1. The Labute approximate surface area is 80.9 Å². The lowest BCUT2D eigenvalue weighted by Gasteiger charge is -2.12. The maximum Gasteiger partial charge on any atom is 0.478 e. The molecule has 1 aromatic carbocycles. The predicted octanol–water partition coefficient (Wildman–Crippen LogP) is 3.09. The Bertz CT molecular complexity index is 281. The molecule has 78 valence electrons. The molecule has 0 radical (unpaired) electrons. The van der Waals surface area contributed by atoms with Crippen LogP contribution in [0.2, 0.25) is 6.32 Å². The van der Waals surface area contributed by atoms with E-state index in [-0.39, 0.29) is 6.42 Å². The summed E-state index contributed by atoms with van der Waals surface area (Å²) in [6, 6.07) is 6.64. The molecule has 14 heavy (non-hydrogen) atoms. The van der Waals surface area contributed by atoms with Crippen LogP contribution in [-0.2, 0) is 6.42 Å². The third-order valence-electron chi connectivity index (χ3n) is 1.92. The fraction of sp³-hybridized carbons (Fsp3) is 0.333. The van der Waals surface area contributed by atoms with Crippen LogP contribution < -0.4 is 4.74 Å². The van der Waals surface area contributed by atoms with Crippen molar-refractivity contribution in [3.05, 3.63) is 29.8 Å². The molecule has 1 rings (SSSR count). The van der Waals surface area contributed by atoms with Crippen molar-refractivity contribution in [3.8, 4) is 5.75 Å². The molecule has 1 nitrogen and oxygen atoms in total. The van der Waals surface area contributed by atoms with Crippen LogP contribution in [0.5, 0.6) is 5.75 Å². The van der Waals surface area contributed by atoms with Crippen LogP contribution in [0.3, 0.4) is 0 Å². The van der Waals surface area contributed by atoms with Crippen LogP contribution in [0.25, 0.3) is 0 Å². The van der Waals surface area contributed by atoms with Crippen molar-refractivity contribution in [3.63, 3.8) is 0 Å². The van der Waals surface area contributed by atoms with E-state index in [0.717, 1.165) is 0 Å². The summed E-state index contributed by atoms with van der Waals surface area (Å²) in [5.74, 6) is 0.659. The maximum atomic E-state index is 11.9. The van der Waals surface area contributed by atoms with E-state index in [1.165, 1.54) is 7.11 Å². The van der Waals surface area contributed by atoms with E-state index in [9.17, 15) is 12.9 Å². The Morgan fingerprint density at radius 1 is 1.14 bits per heavy atom. The first kappa shape index (κ1) is 11.0. The number of hydrogen-bond acceptors (Lipinski definition) is 1. The fourth-order valence-corrected chi connectivity index (χ4v) is 1.12. The summed E-state index contributed by atoms with van der Waals surface area (Å²) in [7, 11) is 1.52. The van der Waals surface area contributed by atoms with Crippen LogP contribution in [0, 0.1) is 0 Å². The Morgan fingerprint density at radius 2 is 1.71 bits per heavy atom. The lowest BCUT2D eigenvalue weighted by atomic mass is 9.82. The average molecular weight is 203 g/mol. The first-order valence-corrected chi connectivity index (χ1v) is 4.35. The third-order valence-corrected chi connectivity index (χ3v) is 1.92. The fourth-order valence-electron chi connectivity index (χ4n) is 1.12. The van der Waals surface area contributed by atoms with Crippen LogP contribution in [0.15, 0.2) is 24.3 Å².